The molecular weight excluding hydrogens is 316 g/mol. The predicted molar refractivity (Wildman–Crippen MR) is 95.2 cm³/mol. The van der Waals surface area contributed by atoms with Gasteiger partial charge in [-0.05, 0) is 36.2 Å². The molecule has 0 saturated carbocycles. The Labute approximate surface area is 146 Å². The number of hydrogen-bond acceptors (Lipinski definition) is 5. The fourth-order valence-electron chi connectivity index (χ4n) is 2.78. The number of hydrogen-bond donors (Lipinski definition) is 2. The lowest BCUT2D eigenvalue weighted by atomic mass is 9.90. The smallest absolute Gasteiger partial charge is 0.184 e. The molecule has 5 nitrogen and oxygen atoms in total. The predicted octanol–water partition coefficient (Wildman–Crippen LogP) is 3.57. The van der Waals surface area contributed by atoms with Crippen LogP contribution < -0.4 is 15.2 Å². The van der Waals surface area contributed by atoms with E-state index in [1.807, 2.05) is 24.3 Å². The van der Waals surface area contributed by atoms with Crippen molar-refractivity contribution in [2.24, 2.45) is 5.73 Å². The Hall–Kier alpha value is -2.97. The van der Waals surface area contributed by atoms with Crippen LogP contribution in [0.2, 0.25) is 0 Å². The molecule has 128 valence electrons. The summed E-state index contributed by atoms with van der Waals surface area (Å²) in [4.78, 5) is 0. The van der Waals surface area contributed by atoms with E-state index in [1.165, 1.54) is 6.07 Å². The van der Waals surface area contributed by atoms with Crippen LogP contribution in [-0.2, 0) is 0 Å². The molecule has 0 aromatic heterocycles. The first-order chi connectivity index (χ1) is 12.1. The van der Waals surface area contributed by atoms with Crippen LogP contribution in [0.15, 0.2) is 48.0 Å². The maximum Gasteiger partial charge on any atom is 0.184 e. The Kier molecular flexibility index (Phi) is 4.92. The first-order valence-electron chi connectivity index (χ1n) is 8.27. The third-order valence-corrected chi connectivity index (χ3v) is 4.07. The quantitative estimate of drug-likeness (QED) is 0.815. The Morgan fingerprint density at radius 2 is 2.00 bits per heavy atom. The maximum absolute atomic E-state index is 9.68. The molecule has 1 heterocycles. The van der Waals surface area contributed by atoms with Crippen molar-refractivity contribution >= 4 is 5.57 Å². The van der Waals surface area contributed by atoms with Gasteiger partial charge in [-0.1, -0.05) is 25.5 Å². The summed E-state index contributed by atoms with van der Waals surface area (Å²) in [5, 5.41) is 19.2. The second-order valence-electron chi connectivity index (χ2n) is 5.85. The van der Waals surface area contributed by atoms with E-state index in [2.05, 4.69) is 13.0 Å². The van der Waals surface area contributed by atoms with E-state index in [0.717, 1.165) is 35.3 Å². The van der Waals surface area contributed by atoms with Crippen LogP contribution >= 0.6 is 0 Å². The number of unbranched alkanes of at least 4 members (excludes halogenated alkanes) is 1. The second-order valence-corrected chi connectivity index (χ2v) is 5.85. The zero-order chi connectivity index (χ0) is 17.8. The van der Waals surface area contributed by atoms with E-state index >= 15 is 0 Å². The third kappa shape index (κ3) is 3.44. The summed E-state index contributed by atoms with van der Waals surface area (Å²) >= 11 is 0. The molecule has 3 N–H and O–H groups in total. The molecular formula is C20H20N2O3. The highest BCUT2D eigenvalue weighted by Crippen LogP contribution is 2.40. The lowest BCUT2D eigenvalue weighted by molar-refractivity contribution is 0.244. The van der Waals surface area contributed by atoms with Gasteiger partial charge in [0, 0.05) is 17.2 Å². The minimum absolute atomic E-state index is 0.0883. The van der Waals surface area contributed by atoms with Crippen molar-refractivity contribution in [3.05, 3.63) is 59.2 Å². The highest BCUT2D eigenvalue weighted by molar-refractivity contribution is 5.88. The number of rotatable bonds is 5. The van der Waals surface area contributed by atoms with Gasteiger partial charge in [0.05, 0.1) is 12.2 Å². The van der Waals surface area contributed by atoms with Gasteiger partial charge in [0.15, 0.2) is 6.23 Å². The van der Waals surface area contributed by atoms with E-state index in [1.54, 1.807) is 12.1 Å². The molecule has 0 amide bonds. The average Bonchev–Trinajstić information content (AvgIpc) is 2.61. The number of benzene rings is 2. The zero-order valence-corrected chi connectivity index (χ0v) is 14.0. The van der Waals surface area contributed by atoms with Gasteiger partial charge in [-0.3, -0.25) is 5.73 Å². The molecule has 25 heavy (non-hydrogen) atoms. The van der Waals surface area contributed by atoms with Gasteiger partial charge in [-0.2, -0.15) is 5.26 Å². The van der Waals surface area contributed by atoms with Gasteiger partial charge in [0.25, 0.3) is 0 Å². The Morgan fingerprint density at radius 1 is 1.24 bits per heavy atom. The van der Waals surface area contributed by atoms with Crippen LogP contribution in [0, 0.1) is 11.3 Å². The number of fused-ring (bicyclic) bond motifs is 1. The fraction of sp³-hybridized carbons (Fsp3) is 0.250. The van der Waals surface area contributed by atoms with Gasteiger partial charge in [0.1, 0.15) is 23.3 Å². The van der Waals surface area contributed by atoms with Crippen LogP contribution in [0.1, 0.15) is 30.9 Å². The monoisotopic (exact) mass is 336 g/mol. The number of nitrogens with zero attached hydrogens (tertiary/aromatic N) is 1. The number of ether oxygens (including phenoxy) is 2. The number of nitrogens with two attached hydrogens (primary N) is 1. The summed E-state index contributed by atoms with van der Waals surface area (Å²) in [5.41, 5.74) is 8.65. The van der Waals surface area contributed by atoms with Gasteiger partial charge < -0.3 is 14.6 Å². The molecule has 5 heteroatoms. The summed E-state index contributed by atoms with van der Waals surface area (Å²) in [7, 11) is 0. The molecule has 0 bridgehead atoms. The fourth-order valence-corrected chi connectivity index (χ4v) is 2.78. The van der Waals surface area contributed by atoms with Crippen LogP contribution in [0.25, 0.3) is 5.57 Å². The summed E-state index contributed by atoms with van der Waals surface area (Å²) in [6.45, 7) is 2.80. The highest BCUT2D eigenvalue weighted by Gasteiger charge is 2.27. The van der Waals surface area contributed by atoms with Crippen molar-refractivity contribution < 1.29 is 14.6 Å². The summed E-state index contributed by atoms with van der Waals surface area (Å²) in [6.07, 6.45) is 1.22. The number of aromatic hydroxyl groups is 1. The molecule has 0 fully saturated rings. The molecule has 0 saturated heterocycles. The van der Waals surface area contributed by atoms with Crippen molar-refractivity contribution in [1.29, 1.82) is 5.26 Å². The van der Waals surface area contributed by atoms with Crippen LogP contribution in [0.5, 0.6) is 17.2 Å². The SMILES string of the molecule is CCCCOc1ccc(C2=C(C#N)[C@H](N)Oc3cc(O)ccc32)cc1. The summed E-state index contributed by atoms with van der Waals surface area (Å²) < 4.78 is 11.3. The minimum atomic E-state index is -0.866. The number of nitriles is 1. The first-order valence-corrected chi connectivity index (χ1v) is 8.27. The molecule has 0 radical (unpaired) electrons. The molecule has 0 unspecified atom stereocenters. The Bertz CT molecular complexity index is 835. The Balaban J connectivity index is 2.00. The van der Waals surface area contributed by atoms with Crippen LogP contribution in [0.3, 0.4) is 0 Å². The van der Waals surface area contributed by atoms with E-state index in [0.29, 0.717) is 17.9 Å². The van der Waals surface area contributed by atoms with Gasteiger partial charge in [-0.25, -0.2) is 0 Å². The van der Waals surface area contributed by atoms with Crippen molar-refractivity contribution in [3.63, 3.8) is 0 Å². The maximum atomic E-state index is 9.68. The molecule has 1 aliphatic heterocycles. The first kappa shape index (κ1) is 16.9. The lowest BCUT2D eigenvalue weighted by Crippen LogP contribution is -2.32. The van der Waals surface area contributed by atoms with Crippen LogP contribution in [0.4, 0.5) is 0 Å². The lowest BCUT2D eigenvalue weighted by Gasteiger charge is -2.26. The van der Waals surface area contributed by atoms with E-state index < -0.39 is 6.23 Å². The molecule has 0 spiro atoms. The normalized spacial score (nSPS) is 16.0. The third-order valence-electron chi connectivity index (χ3n) is 4.07. The van der Waals surface area contributed by atoms with E-state index in [9.17, 15) is 10.4 Å². The molecule has 1 atom stereocenters. The van der Waals surface area contributed by atoms with E-state index in [-0.39, 0.29) is 5.75 Å². The summed E-state index contributed by atoms with van der Waals surface area (Å²) in [5.74, 6) is 1.34. The van der Waals surface area contributed by atoms with Gasteiger partial charge >= 0.3 is 0 Å². The molecule has 0 aliphatic carbocycles. The topological polar surface area (TPSA) is 88.5 Å². The largest absolute Gasteiger partial charge is 0.508 e. The van der Waals surface area contributed by atoms with Crippen molar-refractivity contribution in [3.8, 4) is 23.3 Å². The Morgan fingerprint density at radius 3 is 2.68 bits per heavy atom. The van der Waals surface area contributed by atoms with Gasteiger partial charge in [-0.15, -0.1) is 0 Å². The minimum Gasteiger partial charge on any atom is -0.508 e. The molecule has 1 aliphatic rings. The van der Waals surface area contributed by atoms with Crippen molar-refractivity contribution in [2.75, 3.05) is 6.61 Å². The van der Waals surface area contributed by atoms with Gasteiger partial charge in [0.2, 0.25) is 0 Å². The zero-order valence-electron chi connectivity index (χ0n) is 14.0. The standard InChI is InChI=1S/C20H20N2O3/c1-2-3-10-24-15-7-4-13(5-8-15)19-16-9-6-14(23)11-18(16)25-20(22)17(19)12-21/h4-9,11,20,23H,2-3,10,22H2,1H3/t20-/m1/s1. The molecule has 2 aromatic carbocycles. The second kappa shape index (κ2) is 7.29. The summed E-state index contributed by atoms with van der Waals surface area (Å²) in [6, 6.07) is 14.5. The molecule has 2 aromatic rings. The number of phenols is 1. The number of phenolic OH excluding ortho intramolecular Hbond substituents is 1. The molecule has 3 rings (SSSR count). The average molecular weight is 336 g/mol. The van der Waals surface area contributed by atoms with E-state index in [4.69, 9.17) is 15.2 Å². The van der Waals surface area contributed by atoms with Crippen molar-refractivity contribution in [1.82, 2.24) is 0 Å². The highest BCUT2D eigenvalue weighted by atomic mass is 16.5. The van der Waals surface area contributed by atoms with Crippen molar-refractivity contribution in [2.45, 2.75) is 26.0 Å². The van der Waals surface area contributed by atoms with Crippen LogP contribution in [-0.4, -0.2) is 17.9 Å².